The number of rotatable bonds is 3. The third kappa shape index (κ3) is 2.53. The average Bonchev–Trinajstić information content (AvgIpc) is 3.22. The van der Waals surface area contributed by atoms with Gasteiger partial charge in [-0.1, -0.05) is 24.3 Å². The largest absolute Gasteiger partial charge is 0.494 e. The molecule has 5 heteroatoms. The number of ether oxygens (including phenoxy) is 1. The minimum absolute atomic E-state index is 0.256. The Labute approximate surface area is 156 Å². The molecule has 0 aliphatic carbocycles. The first kappa shape index (κ1) is 16.1. The van der Waals surface area contributed by atoms with Gasteiger partial charge in [0.1, 0.15) is 5.82 Å². The van der Waals surface area contributed by atoms with Crippen LogP contribution in [0.5, 0.6) is 5.75 Å². The second kappa shape index (κ2) is 5.98. The number of H-pyrrole nitrogens is 1. The number of nitrogens with zero attached hydrogens (tertiary/aromatic N) is 1. The summed E-state index contributed by atoms with van der Waals surface area (Å²) in [6.07, 6.45) is 1.51. The predicted octanol–water partition coefficient (Wildman–Crippen LogP) is 4.81. The van der Waals surface area contributed by atoms with E-state index in [-0.39, 0.29) is 11.6 Å². The van der Waals surface area contributed by atoms with Gasteiger partial charge in [0.05, 0.1) is 18.3 Å². The van der Waals surface area contributed by atoms with Crippen LogP contribution in [0.25, 0.3) is 21.8 Å². The highest BCUT2D eigenvalue weighted by atomic mass is 19.1. The number of fused-ring (bicyclic) bond motifs is 5. The highest BCUT2D eigenvalue weighted by molar-refractivity contribution is 6.11. The van der Waals surface area contributed by atoms with Crippen LogP contribution in [0.1, 0.15) is 23.7 Å². The summed E-state index contributed by atoms with van der Waals surface area (Å²) in [5, 5.41) is 5.93. The summed E-state index contributed by atoms with van der Waals surface area (Å²) in [4.78, 5) is 8.44. The van der Waals surface area contributed by atoms with E-state index in [4.69, 9.17) is 9.72 Å². The van der Waals surface area contributed by atoms with Crippen molar-refractivity contribution < 1.29 is 9.13 Å². The molecule has 1 aliphatic heterocycles. The van der Waals surface area contributed by atoms with Gasteiger partial charge < -0.3 is 15.0 Å². The number of anilines is 1. The van der Waals surface area contributed by atoms with Crippen molar-refractivity contribution in [3.63, 3.8) is 0 Å². The molecule has 0 saturated carbocycles. The number of benzene rings is 2. The van der Waals surface area contributed by atoms with Gasteiger partial charge in [-0.25, -0.2) is 9.37 Å². The number of pyridine rings is 1. The van der Waals surface area contributed by atoms with Crippen LogP contribution in [0.4, 0.5) is 10.2 Å². The normalized spacial score (nSPS) is 15.9. The van der Waals surface area contributed by atoms with Gasteiger partial charge >= 0.3 is 0 Å². The summed E-state index contributed by atoms with van der Waals surface area (Å²) in [6, 6.07) is 13.8. The number of methoxy groups -OCH3 is 1. The van der Waals surface area contributed by atoms with Crippen molar-refractivity contribution >= 4 is 27.6 Å². The van der Waals surface area contributed by atoms with Gasteiger partial charge in [0.15, 0.2) is 11.6 Å². The first-order valence-electron chi connectivity index (χ1n) is 9.15. The maximum Gasteiger partial charge on any atom is 0.165 e. The molecule has 1 unspecified atom stereocenters. The quantitative estimate of drug-likeness (QED) is 0.550. The van der Waals surface area contributed by atoms with Crippen LogP contribution in [-0.2, 0) is 12.8 Å². The first-order valence-corrected chi connectivity index (χ1v) is 9.15. The van der Waals surface area contributed by atoms with Crippen molar-refractivity contribution in [2.75, 3.05) is 12.4 Å². The Bertz CT molecular complexity index is 1180. The van der Waals surface area contributed by atoms with Crippen molar-refractivity contribution in [1.82, 2.24) is 9.97 Å². The van der Waals surface area contributed by atoms with E-state index in [2.05, 4.69) is 35.4 Å². The zero-order valence-corrected chi connectivity index (χ0v) is 15.3. The summed E-state index contributed by atoms with van der Waals surface area (Å²) in [5.41, 5.74) is 5.20. The molecule has 1 aliphatic rings. The number of aromatic nitrogens is 2. The molecule has 4 aromatic rings. The molecule has 0 fully saturated rings. The van der Waals surface area contributed by atoms with Crippen LogP contribution >= 0.6 is 0 Å². The highest BCUT2D eigenvalue weighted by Crippen LogP contribution is 2.38. The van der Waals surface area contributed by atoms with Crippen LogP contribution in [0.15, 0.2) is 42.5 Å². The van der Waals surface area contributed by atoms with Crippen molar-refractivity contribution in [2.24, 2.45) is 0 Å². The average molecular weight is 361 g/mol. The van der Waals surface area contributed by atoms with E-state index >= 15 is 0 Å². The van der Waals surface area contributed by atoms with Crippen molar-refractivity contribution in [2.45, 2.75) is 25.8 Å². The first-order chi connectivity index (χ1) is 13.1. The SMILES string of the molecule is COc1ccc(Cc2nc3c(c4c2[nH]c2ccccc24)CC(C)N3)cc1F. The van der Waals surface area contributed by atoms with Gasteiger partial charge in [0, 0.05) is 34.3 Å². The summed E-state index contributed by atoms with van der Waals surface area (Å²) < 4.78 is 19.2. The zero-order chi connectivity index (χ0) is 18.5. The topological polar surface area (TPSA) is 49.9 Å². The Morgan fingerprint density at radius 3 is 2.89 bits per heavy atom. The smallest absolute Gasteiger partial charge is 0.165 e. The maximum absolute atomic E-state index is 14.1. The number of aromatic amines is 1. The third-order valence-corrected chi connectivity index (χ3v) is 5.31. The molecule has 2 aromatic carbocycles. The van der Waals surface area contributed by atoms with Crippen molar-refractivity contribution in [3.05, 3.63) is 65.1 Å². The zero-order valence-electron chi connectivity index (χ0n) is 15.3. The molecule has 3 heterocycles. The summed E-state index contributed by atoms with van der Waals surface area (Å²) in [5.74, 6) is 0.853. The molecule has 136 valence electrons. The second-order valence-corrected chi connectivity index (χ2v) is 7.20. The van der Waals surface area contributed by atoms with Crippen LogP contribution < -0.4 is 10.1 Å². The number of hydrogen-bond donors (Lipinski definition) is 2. The molecule has 2 aromatic heterocycles. The molecule has 0 amide bonds. The number of halogens is 1. The summed E-state index contributed by atoms with van der Waals surface area (Å²) >= 11 is 0. The minimum Gasteiger partial charge on any atom is -0.494 e. The van der Waals surface area contributed by atoms with Crippen molar-refractivity contribution in [3.8, 4) is 5.75 Å². The lowest BCUT2D eigenvalue weighted by Gasteiger charge is -2.09. The highest BCUT2D eigenvalue weighted by Gasteiger charge is 2.25. The number of hydrogen-bond acceptors (Lipinski definition) is 3. The molecular weight excluding hydrogens is 341 g/mol. The van der Waals surface area contributed by atoms with E-state index in [9.17, 15) is 4.39 Å². The minimum atomic E-state index is -0.351. The van der Waals surface area contributed by atoms with Crippen LogP contribution in [0, 0.1) is 5.82 Å². The fraction of sp³-hybridized carbons (Fsp3) is 0.227. The van der Waals surface area contributed by atoms with E-state index in [0.717, 1.165) is 34.5 Å². The maximum atomic E-state index is 14.1. The molecule has 1 atom stereocenters. The lowest BCUT2D eigenvalue weighted by Crippen LogP contribution is -2.09. The Morgan fingerprint density at radius 2 is 2.07 bits per heavy atom. The molecule has 0 bridgehead atoms. The fourth-order valence-corrected chi connectivity index (χ4v) is 4.10. The monoisotopic (exact) mass is 361 g/mol. The molecule has 5 rings (SSSR count). The number of nitrogens with one attached hydrogen (secondary N) is 2. The molecule has 0 radical (unpaired) electrons. The van der Waals surface area contributed by atoms with Gasteiger partial charge in [-0.3, -0.25) is 0 Å². The standard InChI is InChI=1S/C22H20FN3O/c1-12-9-15-20-14-5-3-4-6-17(14)25-21(20)18(26-22(15)24-12)11-13-7-8-19(27-2)16(23)10-13/h3-8,10,12,25H,9,11H2,1-2H3,(H,24,26). The molecule has 27 heavy (non-hydrogen) atoms. The van der Waals surface area contributed by atoms with E-state index in [1.54, 1.807) is 6.07 Å². The van der Waals surface area contributed by atoms with Gasteiger partial charge in [-0.15, -0.1) is 0 Å². The summed E-state index contributed by atoms with van der Waals surface area (Å²) in [6.45, 7) is 2.17. The van der Waals surface area contributed by atoms with Crippen LogP contribution in [-0.4, -0.2) is 23.1 Å². The Morgan fingerprint density at radius 1 is 1.22 bits per heavy atom. The molecule has 4 nitrogen and oxygen atoms in total. The molecule has 0 spiro atoms. The van der Waals surface area contributed by atoms with Crippen molar-refractivity contribution in [1.29, 1.82) is 0 Å². The second-order valence-electron chi connectivity index (χ2n) is 7.20. The molecule has 0 saturated heterocycles. The fourth-order valence-electron chi connectivity index (χ4n) is 4.10. The van der Waals surface area contributed by atoms with E-state index in [1.165, 1.54) is 29.5 Å². The lowest BCUT2D eigenvalue weighted by atomic mass is 10.0. The van der Waals surface area contributed by atoms with Crippen LogP contribution in [0.2, 0.25) is 0 Å². The Balaban J connectivity index is 1.71. The molecular formula is C22H20FN3O. The predicted molar refractivity (Wildman–Crippen MR) is 106 cm³/mol. The van der Waals surface area contributed by atoms with E-state index < -0.39 is 0 Å². The number of para-hydroxylation sites is 1. The van der Waals surface area contributed by atoms with Gasteiger partial charge in [0.25, 0.3) is 0 Å². The van der Waals surface area contributed by atoms with E-state index in [1.807, 2.05) is 12.1 Å². The van der Waals surface area contributed by atoms with Gasteiger partial charge in [-0.05, 0) is 37.1 Å². The van der Waals surface area contributed by atoms with Crippen LogP contribution in [0.3, 0.4) is 0 Å². The van der Waals surface area contributed by atoms with Gasteiger partial charge in [-0.2, -0.15) is 0 Å². The summed E-state index contributed by atoms with van der Waals surface area (Å²) in [7, 11) is 1.47. The Kier molecular flexibility index (Phi) is 3.57. The van der Waals surface area contributed by atoms with E-state index in [0.29, 0.717) is 12.5 Å². The van der Waals surface area contributed by atoms with Gasteiger partial charge in [0.2, 0.25) is 0 Å². The Hall–Kier alpha value is -3.08. The lowest BCUT2D eigenvalue weighted by molar-refractivity contribution is 0.386. The molecule has 2 N–H and O–H groups in total. The third-order valence-electron chi connectivity index (χ3n) is 5.31.